The second kappa shape index (κ2) is 5.14. The number of hydrogen-bond donors (Lipinski definition) is 1. The van der Waals surface area contributed by atoms with Crippen molar-refractivity contribution in [1.29, 1.82) is 0 Å². The Balaban J connectivity index is 2.01. The van der Waals surface area contributed by atoms with Gasteiger partial charge in [-0.05, 0) is 39.7 Å². The lowest BCUT2D eigenvalue weighted by atomic mass is 10.3. The summed E-state index contributed by atoms with van der Waals surface area (Å²) < 4.78 is 2.64. The second-order valence-electron chi connectivity index (χ2n) is 3.70. The fraction of sp³-hybridized carbons (Fsp3) is 0.167. The third-order valence-electron chi connectivity index (χ3n) is 2.32. The summed E-state index contributed by atoms with van der Waals surface area (Å²) in [5, 5.41) is 2.82. The average molecular weight is 294 g/mol. The number of carbonyl (C=O) groups excluding carboxylic acids is 1. The van der Waals surface area contributed by atoms with Crippen LogP contribution in [0.25, 0.3) is 0 Å². The van der Waals surface area contributed by atoms with Gasteiger partial charge in [0.15, 0.2) is 0 Å². The summed E-state index contributed by atoms with van der Waals surface area (Å²) in [4.78, 5) is 15.9. The first-order valence-electron chi connectivity index (χ1n) is 5.16. The van der Waals surface area contributed by atoms with E-state index >= 15 is 0 Å². The van der Waals surface area contributed by atoms with Crippen LogP contribution in [0.4, 0.5) is 0 Å². The molecule has 2 heterocycles. The number of hydrogen-bond acceptors (Lipinski definition) is 2. The number of carbonyl (C=O) groups is 1. The van der Waals surface area contributed by atoms with E-state index in [1.165, 1.54) is 0 Å². The van der Waals surface area contributed by atoms with E-state index in [0.29, 0.717) is 16.7 Å². The molecule has 0 bridgehead atoms. The number of aromatic nitrogens is 2. The summed E-state index contributed by atoms with van der Waals surface area (Å²) in [5.74, 6) is -0.179. The van der Waals surface area contributed by atoms with Gasteiger partial charge in [-0.1, -0.05) is 0 Å². The van der Waals surface area contributed by atoms with E-state index in [-0.39, 0.29) is 5.91 Å². The van der Waals surface area contributed by atoms with E-state index in [2.05, 4.69) is 26.2 Å². The van der Waals surface area contributed by atoms with Crippen LogP contribution in [0, 0.1) is 0 Å². The van der Waals surface area contributed by atoms with Gasteiger partial charge in [0.1, 0.15) is 5.69 Å². The van der Waals surface area contributed by atoms with Gasteiger partial charge >= 0.3 is 0 Å². The zero-order valence-electron chi connectivity index (χ0n) is 9.35. The summed E-state index contributed by atoms with van der Waals surface area (Å²) in [6.45, 7) is 0.503. The lowest BCUT2D eigenvalue weighted by Gasteiger charge is -2.04. The second-order valence-corrected chi connectivity index (χ2v) is 4.56. The van der Waals surface area contributed by atoms with Crippen LogP contribution in [0.3, 0.4) is 0 Å². The highest BCUT2D eigenvalue weighted by Gasteiger charge is 2.10. The molecule has 5 heteroatoms. The molecule has 4 nitrogen and oxygen atoms in total. The van der Waals surface area contributed by atoms with Gasteiger partial charge in [-0.25, -0.2) is 4.98 Å². The van der Waals surface area contributed by atoms with E-state index < -0.39 is 0 Å². The predicted octanol–water partition coefficient (Wildman–Crippen LogP) is 2.11. The van der Waals surface area contributed by atoms with Crippen molar-refractivity contribution in [2.24, 2.45) is 7.05 Å². The number of halogens is 1. The average Bonchev–Trinajstić information content (AvgIpc) is 2.73. The Morgan fingerprint density at radius 2 is 2.35 bits per heavy atom. The Hall–Kier alpha value is -1.62. The number of pyridine rings is 1. The Kier molecular flexibility index (Phi) is 3.58. The minimum Gasteiger partial charge on any atom is -0.357 e. The quantitative estimate of drug-likeness (QED) is 0.942. The highest BCUT2D eigenvalue weighted by atomic mass is 79.9. The van der Waals surface area contributed by atoms with Crippen LogP contribution < -0.4 is 5.32 Å². The molecule has 0 aromatic carbocycles. The number of aryl methyl sites for hydroxylation is 1. The molecule has 0 aliphatic carbocycles. The first kappa shape index (κ1) is 11.9. The first-order chi connectivity index (χ1) is 8.16. The number of rotatable bonds is 3. The molecule has 2 aromatic heterocycles. The van der Waals surface area contributed by atoms with Gasteiger partial charge in [-0.15, -0.1) is 0 Å². The molecule has 2 rings (SSSR count). The van der Waals surface area contributed by atoms with Crippen molar-refractivity contribution in [2.75, 3.05) is 0 Å². The Morgan fingerprint density at radius 1 is 1.53 bits per heavy atom. The summed E-state index contributed by atoms with van der Waals surface area (Å²) >= 11 is 3.30. The van der Waals surface area contributed by atoms with Crippen LogP contribution in [0.5, 0.6) is 0 Å². The molecular weight excluding hydrogens is 282 g/mol. The molecule has 0 saturated carbocycles. The van der Waals surface area contributed by atoms with Crippen LogP contribution in [0.1, 0.15) is 16.1 Å². The molecule has 0 spiro atoms. The fourth-order valence-electron chi connectivity index (χ4n) is 1.48. The maximum Gasteiger partial charge on any atom is 0.271 e. The summed E-state index contributed by atoms with van der Waals surface area (Å²) in [6, 6.07) is 5.54. The molecular formula is C12H12BrN3O. The van der Waals surface area contributed by atoms with E-state index in [0.717, 1.165) is 5.56 Å². The summed E-state index contributed by atoms with van der Waals surface area (Å²) in [6.07, 6.45) is 5.51. The van der Waals surface area contributed by atoms with Crippen LogP contribution >= 0.6 is 15.9 Å². The van der Waals surface area contributed by atoms with Gasteiger partial charge in [0.05, 0.1) is 0 Å². The highest BCUT2D eigenvalue weighted by molar-refractivity contribution is 9.10. The van der Waals surface area contributed by atoms with Gasteiger partial charge in [-0.2, -0.15) is 0 Å². The smallest absolute Gasteiger partial charge is 0.271 e. The number of amides is 1. The summed E-state index contributed by atoms with van der Waals surface area (Å²) in [5.41, 5.74) is 1.47. The monoisotopic (exact) mass is 293 g/mol. The van der Waals surface area contributed by atoms with Gasteiger partial charge in [0, 0.05) is 36.7 Å². The lowest BCUT2D eigenvalue weighted by Crippen LogP contribution is -2.24. The van der Waals surface area contributed by atoms with Crippen molar-refractivity contribution < 1.29 is 4.79 Å². The molecule has 0 unspecified atom stereocenters. The maximum atomic E-state index is 11.8. The van der Waals surface area contributed by atoms with Crippen molar-refractivity contribution in [1.82, 2.24) is 14.9 Å². The third kappa shape index (κ3) is 2.94. The van der Waals surface area contributed by atoms with Crippen molar-refractivity contribution in [2.45, 2.75) is 6.54 Å². The van der Waals surface area contributed by atoms with Crippen molar-refractivity contribution >= 4 is 21.8 Å². The highest BCUT2D eigenvalue weighted by Crippen LogP contribution is 2.13. The minimum atomic E-state index is -0.179. The van der Waals surface area contributed by atoms with Gasteiger partial charge in [0.2, 0.25) is 0 Å². The minimum absolute atomic E-state index is 0.179. The molecule has 17 heavy (non-hydrogen) atoms. The molecule has 1 amide bonds. The predicted molar refractivity (Wildman–Crippen MR) is 68.5 cm³/mol. The van der Waals surface area contributed by atoms with E-state index in [4.69, 9.17) is 0 Å². The molecule has 0 aliphatic rings. The normalized spacial score (nSPS) is 10.2. The van der Waals surface area contributed by atoms with E-state index in [1.54, 1.807) is 18.3 Å². The standard InChI is InChI=1S/C12H12BrN3O/c1-16-6-4-9(8-16)7-15-12(17)11-10(13)3-2-5-14-11/h2-6,8H,7H2,1H3,(H,15,17). The zero-order chi connectivity index (χ0) is 12.3. The van der Waals surface area contributed by atoms with Gasteiger partial charge < -0.3 is 9.88 Å². The van der Waals surface area contributed by atoms with Crippen molar-refractivity contribution in [3.05, 3.63) is 52.5 Å². The summed E-state index contributed by atoms with van der Waals surface area (Å²) in [7, 11) is 1.95. The van der Waals surface area contributed by atoms with E-state index in [9.17, 15) is 4.79 Å². The Bertz CT molecular complexity index is 536. The zero-order valence-corrected chi connectivity index (χ0v) is 10.9. The fourth-order valence-corrected chi connectivity index (χ4v) is 1.92. The first-order valence-corrected chi connectivity index (χ1v) is 5.95. The third-order valence-corrected chi connectivity index (χ3v) is 2.96. The molecule has 2 aromatic rings. The van der Waals surface area contributed by atoms with Crippen LogP contribution in [0.2, 0.25) is 0 Å². The molecule has 0 radical (unpaired) electrons. The molecule has 1 N–H and O–H groups in total. The molecule has 0 fully saturated rings. The maximum absolute atomic E-state index is 11.8. The Morgan fingerprint density at radius 3 is 3.00 bits per heavy atom. The van der Waals surface area contributed by atoms with Gasteiger partial charge in [0.25, 0.3) is 5.91 Å². The Labute approximate surface area is 108 Å². The van der Waals surface area contributed by atoms with Crippen LogP contribution in [-0.4, -0.2) is 15.5 Å². The van der Waals surface area contributed by atoms with Crippen LogP contribution in [0.15, 0.2) is 41.3 Å². The SMILES string of the molecule is Cn1ccc(CNC(=O)c2ncccc2Br)c1. The number of nitrogens with one attached hydrogen (secondary N) is 1. The largest absolute Gasteiger partial charge is 0.357 e. The lowest BCUT2D eigenvalue weighted by molar-refractivity contribution is 0.0945. The van der Waals surface area contributed by atoms with Crippen molar-refractivity contribution in [3.63, 3.8) is 0 Å². The molecule has 0 saturated heterocycles. The molecule has 0 atom stereocenters. The topological polar surface area (TPSA) is 46.9 Å². The molecule has 88 valence electrons. The van der Waals surface area contributed by atoms with Crippen LogP contribution in [-0.2, 0) is 13.6 Å². The van der Waals surface area contributed by atoms with E-state index in [1.807, 2.05) is 30.1 Å². The number of nitrogens with zero attached hydrogens (tertiary/aromatic N) is 2. The van der Waals surface area contributed by atoms with Gasteiger partial charge in [-0.3, -0.25) is 4.79 Å². The molecule has 0 aliphatic heterocycles. The van der Waals surface area contributed by atoms with Crippen molar-refractivity contribution in [3.8, 4) is 0 Å².